The third-order valence-corrected chi connectivity index (χ3v) is 6.18. The van der Waals surface area contributed by atoms with Crippen LogP contribution in [0.25, 0.3) is 0 Å². The van der Waals surface area contributed by atoms with Crippen molar-refractivity contribution in [3.63, 3.8) is 0 Å². The summed E-state index contributed by atoms with van der Waals surface area (Å²) in [6.45, 7) is 3.30. The van der Waals surface area contributed by atoms with Crippen molar-refractivity contribution in [1.82, 2.24) is 19.4 Å². The van der Waals surface area contributed by atoms with Crippen molar-refractivity contribution in [3.8, 4) is 0 Å². The van der Waals surface area contributed by atoms with E-state index in [-0.39, 0.29) is 5.41 Å². The number of hydrogen-bond donors (Lipinski definition) is 1. The third kappa shape index (κ3) is 2.30. The van der Waals surface area contributed by atoms with Crippen LogP contribution in [0.4, 0.5) is 0 Å². The first-order chi connectivity index (χ1) is 9.02. The molecule has 106 valence electrons. The van der Waals surface area contributed by atoms with E-state index < -0.39 is 10.0 Å². The summed E-state index contributed by atoms with van der Waals surface area (Å²) in [6, 6.07) is 0. The first-order valence-electron chi connectivity index (χ1n) is 6.71. The second-order valence-electron chi connectivity index (χ2n) is 5.69. The van der Waals surface area contributed by atoms with Crippen LogP contribution in [0.1, 0.15) is 19.3 Å². The molecule has 0 amide bonds. The molecular weight excluding hydrogens is 264 g/mol. The van der Waals surface area contributed by atoms with Gasteiger partial charge >= 0.3 is 0 Å². The highest BCUT2D eigenvalue weighted by atomic mass is 32.2. The molecule has 7 heteroatoms. The fourth-order valence-corrected chi connectivity index (χ4v) is 4.69. The van der Waals surface area contributed by atoms with Gasteiger partial charge in [0, 0.05) is 26.3 Å². The second kappa shape index (κ2) is 4.57. The molecule has 0 aromatic carbocycles. The highest BCUT2D eigenvalue weighted by molar-refractivity contribution is 7.89. The summed E-state index contributed by atoms with van der Waals surface area (Å²) in [5, 5.41) is 7.30. The van der Waals surface area contributed by atoms with Gasteiger partial charge in [-0.2, -0.15) is 9.40 Å². The van der Waals surface area contributed by atoms with E-state index >= 15 is 0 Å². The quantitative estimate of drug-likeness (QED) is 0.841. The number of hydrogen-bond acceptors (Lipinski definition) is 4. The van der Waals surface area contributed by atoms with Gasteiger partial charge in [-0.25, -0.2) is 8.42 Å². The first-order valence-corrected chi connectivity index (χ1v) is 8.15. The number of piperidine rings is 1. The molecule has 0 saturated carbocycles. The fourth-order valence-electron chi connectivity index (χ4n) is 3.15. The molecule has 1 N–H and O–H groups in total. The molecule has 3 heterocycles. The minimum absolute atomic E-state index is 0.195. The Balaban J connectivity index is 1.80. The molecule has 1 aromatic rings. The van der Waals surface area contributed by atoms with E-state index in [1.54, 1.807) is 17.5 Å². The van der Waals surface area contributed by atoms with Crippen LogP contribution in [0.2, 0.25) is 0 Å². The summed E-state index contributed by atoms with van der Waals surface area (Å²) >= 11 is 0. The normalized spacial score (nSPS) is 24.1. The van der Waals surface area contributed by atoms with Crippen molar-refractivity contribution in [2.24, 2.45) is 12.5 Å². The SMILES string of the molecule is Cn1cc(S(=O)(=O)N2CCC3(CCNCC3)C2)cn1. The van der Waals surface area contributed by atoms with E-state index in [1.165, 1.54) is 10.9 Å². The van der Waals surface area contributed by atoms with Gasteiger partial charge < -0.3 is 5.32 Å². The molecule has 3 rings (SSSR count). The first kappa shape index (κ1) is 13.1. The Kier molecular flexibility index (Phi) is 3.15. The molecule has 0 aliphatic carbocycles. The summed E-state index contributed by atoms with van der Waals surface area (Å²) in [5.74, 6) is 0. The topological polar surface area (TPSA) is 67.2 Å². The molecule has 6 nitrogen and oxygen atoms in total. The van der Waals surface area contributed by atoms with Gasteiger partial charge in [-0.3, -0.25) is 4.68 Å². The number of aromatic nitrogens is 2. The van der Waals surface area contributed by atoms with Gasteiger partial charge in [0.2, 0.25) is 10.0 Å². The highest BCUT2D eigenvalue weighted by Gasteiger charge is 2.43. The monoisotopic (exact) mass is 284 g/mol. The average Bonchev–Trinajstić information content (AvgIpc) is 2.98. The Hall–Kier alpha value is -0.920. The lowest BCUT2D eigenvalue weighted by Gasteiger charge is -2.33. The van der Waals surface area contributed by atoms with Crippen molar-refractivity contribution < 1.29 is 8.42 Å². The predicted octanol–water partition coefficient (Wildman–Crippen LogP) is 0.184. The fraction of sp³-hybridized carbons (Fsp3) is 0.750. The van der Waals surface area contributed by atoms with Crippen LogP contribution in [0, 0.1) is 5.41 Å². The Bertz CT molecular complexity index is 560. The van der Waals surface area contributed by atoms with Crippen LogP contribution in [-0.4, -0.2) is 48.7 Å². The van der Waals surface area contributed by atoms with Crippen LogP contribution in [0.15, 0.2) is 17.3 Å². The van der Waals surface area contributed by atoms with Gasteiger partial charge in [0.15, 0.2) is 0 Å². The number of nitrogens with zero attached hydrogens (tertiary/aromatic N) is 3. The van der Waals surface area contributed by atoms with E-state index in [0.29, 0.717) is 18.0 Å². The van der Waals surface area contributed by atoms with E-state index in [1.807, 2.05) is 0 Å². The number of sulfonamides is 1. The zero-order chi connectivity index (χ0) is 13.5. The van der Waals surface area contributed by atoms with Crippen LogP contribution in [0.5, 0.6) is 0 Å². The van der Waals surface area contributed by atoms with Crippen LogP contribution in [0.3, 0.4) is 0 Å². The minimum Gasteiger partial charge on any atom is -0.317 e. The number of aryl methyl sites for hydroxylation is 1. The van der Waals surface area contributed by atoms with Gasteiger partial charge in [0.05, 0.1) is 6.20 Å². The van der Waals surface area contributed by atoms with Gasteiger partial charge in [0.1, 0.15) is 4.90 Å². The lowest BCUT2D eigenvalue weighted by Crippen LogP contribution is -2.39. The lowest BCUT2D eigenvalue weighted by molar-refractivity contribution is 0.218. The standard InChI is InChI=1S/C12H20N4O2S/c1-15-9-11(8-14-15)19(17,18)16-7-4-12(10-16)2-5-13-6-3-12/h8-9,13H,2-7,10H2,1H3. The summed E-state index contributed by atoms with van der Waals surface area (Å²) in [5.41, 5.74) is 0.195. The molecule has 2 saturated heterocycles. The van der Waals surface area contributed by atoms with Crippen molar-refractivity contribution >= 4 is 10.0 Å². The largest absolute Gasteiger partial charge is 0.317 e. The summed E-state index contributed by atoms with van der Waals surface area (Å²) < 4.78 is 28.2. The van der Waals surface area contributed by atoms with Crippen molar-refractivity contribution in [1.29, 1.82) is 0 Å². The Labute approximate surface area is 113 Å². The number of nitrogens with one attached hydrogen (secondary N) is 1. The van der Waals surface area contributed by atoms with Crippen molar-refractivity contribution in [2.45, 2.75) is 24.2 Å². The molecule has 2 aliphatic heterocycles. The zero-order valence-electron chi connectivity index (χ0n) is 11.2. The average molecular weight is 284 g/mol. The summed E-state index contributed by atoms with van der Waals surface area (Å²) in [4.78, 5) is 0.306. The lowest BCUT2D eigenvalue weighted by atomic mass is 9.78. The molecule has 19 heavy (non-hydrogen) atoms. The van der Waals surface area contributed by atoms with Gasteiger partial charge in [-0.1, -0.05) is 0 Å². The maximum absolute atomic E-state index is 12.5. The Morgan fingerprint density at radius 1 is 1.32 bits per heavy atom. The van der Waals surface area contributed by atoms with E-state index in [2.05, 4.69) is 10.4 Å². The molecule has 0 atom stereocenters. The molecule has 1 spiro atoms. The Morgan fingerprint density at radius 3 is 2.68 bits per heavy atom. The van der Waals surface area contributed by atoms with Gasteiger partial charge in [0.25, 0.3) is 0 Å². The summed E-state index contributed by atoms with van der Waals surface area (Å²) in [6.07, 6.45) is 6.14. The molecule has 2 fully saturated rings. The van der Waals surface area contributed by atoms with Crippen LogP contribution < -0.4 is 5.32 Å². The van der Waals surface area contributed by atoms with Gasteiger partial charge in [-0.15, -0.1) is 0 Å². The Morgan fingerprint density at radius 2 is 2.05 bits per heavy atom. The number of rotatable bonds is 2. The predicted molar refractivity (Wildman–Crippen MR) is 71.1 cm³/mol. The summed E-state index contributed by atoms with van der Waals surface area (Å²) in [7, 11) is -1.63. The smallest absolute Gasteiger partial charge is 0.246 e. The van der Waals surface area contributed by atoms with E-state index in [0.717, 1.165) is 32.4 Å². The van der Waals surface area contributed by atoms with Gasteiger partial charge in [-0.05, 0) is 37.8 Å². The van der Waals surface area contributed by atoms with Crippen molar-refractivity contribution in [2.75, 3.05) is 26.2 Å². The maximum Gasteiger partial charge on any atom is 0.246 e. The minimum atomic E-state index is -3.36. The molecule has 0 radical (unpaired) electrons. The zero-order valence-corrected chi connectivity index (χ0v) is 12.0. The van der Waals surface area contributed by atoms with E-state index in [4.69, 9.17) is 0 Å². The van der Waals surface area contributed by atoms with Crippen molar-refractivity contribution in [3.05, 3.63) is 12.4 Å². The second-order valence-corrected chi connectivity index (χ2v) is 7.63. The molecule has 0 unspecified atom stereocenters. The molecule has 1 aromatic heterocycles. The third-order valence-electron chi connectivity index (χ3n) is 4.39. The molecule has 0 bridgehead atoms. The maximum atomic E-state index is 12.5. The molecule has 2 aliphatic rings. The van der Waals surface area contributed by atoms with E-state index in [9.17, 15) is 8.42 Å². The van der Waals surface area contributed by atoms with Crippen LogP contribution in [-0.2, 0) is 17.1 Å². The highest BCUT2D eigenvalue weighted by Crippen LogP contribution is 2.40. The molecular formula is C12H20N4O2S. The van der Waals surface area contributed by atoms with Crippen LogP contribution >= 0.6 is 0 Å².